The van der Waals surface area contributed by atoms with E-state index in [0.717, 1.165) is 11.5 Å². The van der Waals surface area contributed by atoms with E-state index in [2.05, 4.69) is 16.7 Å². The lowest BCUT2D eigenvalue weighted by molar-refractivity contribution is -0.384. The summed E-state index contributed by atoms with van der Waals surface area (Å²) in [5, 5.41) is 18.6. The van der Waals surface area contributed by atoms with E-state index >= 15 is 0 Å². The standard InChI is InChI=1S/C15H17N3O3S2/c1-16-14-5-4-11(18(20)21)9-13(14)15(19)17-6-8-22-10-12-3-2-7-23-12/h2-5,7,9,16H,6,8,10H2,1H3,(H,17,19). The molecule has 0 saturated carbocycles. The molecule has 1 amide bonds. The molecule has 0 spiro atoms. The SMILES string of the molecule is CNc1ccc([N+](=O)[O-])cc1C(=O)NCCSCc1cccs1. The molecular formula is C15H17N3O3S2. The summed E-state index contributed by atoms with van der Waals surface area (Å²) < 4.78 is 0. The predicted octanol–water partition coefficient (Wildman–Crippen LogP) is 3.36. The third-order valence-corrected chi connectivity index (χ3v) is 5.15. The number of nitro benzene ring substituents is 1. The fourth-order valence-electron chi connectivity index (χ4n) is 1.95. The molecular weight excluding hydrogens is 334 g/mol. The number of carbonyl (C=O) groups is 1. The molecule has 1 aromatic heterocycles. The minimum atomic E-state index is -0.507. The third kappa shape index (κ3) is 4.97. The van der Waals surface area contributed by atoms with E-state index in [9.17, 15) is 14.9 Å². The maximum Gasteiger partial charge on any atom is 0.270 e. The van der Waals surface area contributed by atoms with Crippen molar-refractivity contribution in [3.63, 3.8) is 0 Å². The maximum atomic E-state index is 12.2. The van der Waals surface area contributed by atoms with E-state index in [1.807, 2.05) is 11.4 Å². The van der Waals surface area contributed by atoms with E-state index in [1.165, 1.54) is 17.0 Å². The molecule has 0 radical (unpaired) electrons. The van der Waals surface area contributed by atoms with Gasteiger partial charge in [-0.05, 0) is 17.5 Å². The number of hydrogen-bond donors (Lipinski definition) is 2. The number of hydrogen-bond acceptors (Lipinski definition) is 6. The second kappa shape index (κ2) is 8.54. The number of nitrogens with one attached hydrogen (secondary N) is 2. The summed E-state index contributed by atoms with van der Waals surface area (Å²) in [5.74, 6) is 1.40. The molecule has 1 heterocycles. The summed E-state index contributed by atoms with van der Waals surface area (Å²) in [4.78, 5) is 23.8. The van der Waals surface area contributed by atoms with Crippen molar-refractivity contribution >= 4 is 40.4 Å². The Morgan fingerprint density at radius 1 is 1.39 bits per heavy atom. The maximum absolute atomic E-state index is 12.2. The molecule has 122 valence electrons. The van der Waals surface area contributed by atoms with Gasteiger partial charge in [-0.2, -0.15) is 11.8 Å². The molecule has 8 heteroatoms. The Labute approximate surface area is 142 Å². The van der Waals surface area contributed by atoms with Crippen molar-refractivity contribution in [3.05, 3.63) is 56.3 Å². The molecule has 0 atom stereocenters. The number of rotatable bonds is 8. The normalized spacial score (nSPS) is 10.3. The number of non-ortho nitro benzene ring substituents is 1. The van der Waals surface area contributed by atoms with Gasteiger partial charge in [0.15, 0.2) is 0 Å². The van der Waals surface area contributed by atoms with Crippen molar-refractivity contribution < 1.29 is 9.72 Å². The molecule has 2 rings (SSSR count). The van der Waals surface area contributed by atoms with Crippen molar-refractivity contribution in [3.8, 4) is 0 Å². The van der Waals surface area contributed by atoms with Crippen LogP contribution in [0.25, 0.3) is 0 Å². The molecule has 0 aliphatic heterocycles. The first-order valence-corrected chi connectivity index (χ1v) is 8.99. The monoisotopic (exact) mass is 351 g/mol. The lowest BCUT2D eigenvalue weighted by atomic mass is 10.1. The molecule has 0 aliphatic carbocycles. The average Bonchev–Trinajstić information content (AvgIpc) is 3.07. The summed E-state index contributed by atoms with van der Waals surface area (Å²) in [6, 6.07) is 8.31. The number of carbonyl (C=O) groups excluding carboxylic acids is 1. The molecule has 0 bridgehead atoms. The number of benzene rings is 1. The van der Waals surface area contributed by atoms with Gasteiger partial charge in [0.1, 0.15) is 0 Å². The minimum Gasteiger partial charge on any atom is -0.387 e. The van der Waals surface area contributed by atoms with Crippen molar-refractivity contribution in [1.29, 1.82) is 0 Å². The molecule has 0 saturated heterocycles. The number of amides is 1. The first kappa shape index (κ1) is 17.3. The fraction of sp³-hybridized carbons (Fsp3) is 0.267. The molecule has 23 heavy (non-hydrogen) atoms. The van der Waals surface area contributed by atoms with E-state index in [-0.39, 0.29) is 17.2 Å². The second-order valence-electron chi connectivity index (χ2n) is 4.62. The third-order valence-electron chi connectivity index (χ3n) is 3.08. The summed E-state index contributed by atoms with van der Waals surface area (Å²) in [5.41, 5.74) is 0.755. The lowest BCUT2D eigenvalue weighted by Crippen LogP contribution is -2.26. The Morgan fingerprint density at radius 3 is 2.87 bits per heavy atom. The Kier molecular flexibility index (Phi) is 6.42. The van der Waals surface area contributed by atoms with Crippen molar-refractivity contribution in [2.75, 3.05) is 24.7 Å². The van der Waals surface area contributed by atoms with Crippen molar-refractivity contribution in [1.82, 2.24) is 5.32 Å². The molecule has 1 aromatic carbocycles. The van der Waals surface area contributed by atoms with Gasteiger partial charge >= 0.3 is 0 Å². The highest BCUT2D eigenvalue weighted by Crippen LogP contribution is 2.22. The first-order chi connectivity index (χ1) is 11.1. The molecule has 6 nitrogen and oxygen atoms in total. The Bertz CT molecular complexity index is 675. The van der Waals surface area contributed by atoms with Crippen molar-refractivity contribution in [2.24, 2.45) is 0 Å². The van der Waals surface area contributed by atoms with Crippen LogP contribution in [-0.2, 0) is 5.75 Å². The Hall–Kier alpha value is -2.06. The number of anilines is 1. The topological polar surface area (TPSA) is 84.3 Å². The first-order valence-electron chi connectivity index (χ1n) is 6.96. The quantitative estimate of drug-likeness (QED) is 0.433. The summed E-state index contributed by atoms with van der Waals surface area (Å²) in [6.45, 7) is 0.515. The highest BCUT2D eigenvalue weighted by atomic mass is 32.2. The smallest absolute Gasteiger partial charge is 0.270 e. The van der Waals surface area contributed by atoms with Crippen LogP contribution in [0.1, 0.15) is 15.2 Å². The highest BCUT2D eigenvalue weighted by molar-refractivity contribution is 7.98. The molecule has 0 aliphatic rings. The number of nitro groups is 1. The number of thioether (sulfide) groups is 1. The Morgan fingerprint density at radius 2 is 2.22 bits per heavy atom. The molecule has 2 N–H and O–H groups in total. The zero-order chi connectivity index (χ0) is 16.7. The average molecular weight is 351 g/mol. The van der Waals surface area contributed by atoms with Gasteiger partial charge in [0.25, 0.3) is 11.6 Å². The lowest BCUT2D eigenvalue weighted by Gasteiger charge is -2.09. The molecule has 2 aromatic rings. The molecule has 0 fully saturated rings. The van der Waals surface area contributed by atoms with Gasteiger partial charge < -0.3 is 10.6 Å². The van der Waals surface area contributed by atoms with Crippen LogP contribution in [0.5, 0.6) is 0 Å². The number of thiophene rings is 1. The van der Waals surface area contributed by atoms with E-state index in [1.54, 1.807) is 36.2 Å². The van der Waals surface area contributed by atoms with Crippen LogP contribution in [-0.4, -0.2) is 30.2 Å². The van der Waals surface area contributed by atoms with E-state index < -0.39 is 4.92 Å². The Balaban J connectivity index is 1.87. The van der Waals surface area contributed by atoms with Crippen LogP contribution in [0, 0.1) is 10.1 Å². The number of nitrogens with zero attached hydrogens (tertiary/aromatic N) is 1. The van der Waals surface area contributed by atoms with E-state index in [4.69, 9.17) is 0 Å². The van der Waals surface area contributed by atoms with Gasteiger partial charge in [0, 0.05) is 47.8 Å². The van der Waals surface area contributed by atoms with Gasteiger partial charge in [-0.15, -0.1) is 11.3 Å². The van der Waals surface area contributed by atoms with Crippen LogP contribution in [0.4, 0.5) is 11.4 Å². The van der Waals surface area contributed by atoms with Gasteiger partial charge in [-0.3, -0.25) is 14.9 Å². The van der Waals surface area contributed by atoms with Crippen molar-refractivity contribution in [2.45, 2.75) is 5.75 Å². The summed E-state index contributed by atoms with van der Waals surface area (Å²) in [7, 11) is 1.68. The van der Waals surface area contributed by atoms with Crippen LogP contribution in [0.2, 0.25) is 0 Å². The largest absolute Gasteiger partial charge is 0.387 e. The fourth-order valence-corrected chi connectivity index (χ4v) is 3.65. The van der Waals surface area contributed by atoms with Gasteiger partial charge in [-0.25, -0.2) is 0 Å². The van der Waals surface area contributed by atoms with Crippen LogP contribution in [0.3, 0.4) is 0 Å². The van der Waals surface area contributed by atoms with E-state index in [0.29, 0.717) is 12.2 Å². The van der Waals surface area contributed by atoms with Crippen LogP contribution < -0.4 is 10.6 Å². The molecule has 0 unspecified atom stereocenters. The van der Waals surface area contributed by atoms with Gasteiger partial charge in [0.2, 0.25) is 0 Å². The predicted molar refractivity (Wildman–Crippen MR) is 95.5 cm³/mol. The summed E-state index contributed by atoms with van der Waals surface area (Å²) in [6.07, 6.45) is 0. The van der Waals surface area contributed by atoms with Crippen LogP contribution >= 0.6 is 23.1 Å². The zero-order valence-electron chi connectivity index (χ0n) is 12.6. The van der Waals surface area contributed by atoms with Crippen LogP contribution in [0.15, 0.2) is 35.7 Å². The van der Waals surface area contributed by atoms with Gasteiger partial charge in [0.05, 0.1) is 10.5 Å². The summed E-state index contributed by atoms with van der Waals surface area (Å²) >= 11 is 3.45. The highest BCUT2D eigenvalue weighted by Gasteiger charge is 2.15. The minimum absolute atomic E-state index is 0.0961. The van der Waals surface area contributed by atoms with Gasteiger partial charge in [-0.1, -0.05) is 6.07 Å². The zero-order valence-corrected chi connectivity index (χ0v) is 14.2. The second-order valence-corrected chi connectivity index (χ2v) is 6.76.